The largest absolute Gasteiger partial charge is 0.507 e. The van der Waals surface area contributed by atoms with Crippen molar-refractivity contribution in [2.45, 2.75) is 32.3 Å². The molecule has 2 aliphatic rings. The van der Waals surface area contributed by atoms with Crippen LogP contribution in [-0.4, -0.2) is 30.4 Å². The molecule has 6 heteroatoms. The molecule has 2 aromatic carbocycles. The Balaban J connectivity index is 1.69. The number of ether oxygens (including phenoxy) is 4. The molecule has 146 valence electrons. The summed E-state index contributed by atoms with van der Waals surface area (Å²) in [4.78, 5) is 12.9. The highest BCUT2D eigenvalue weighted by Gasteiger charge is 2.33. The molecule has 4 rings (SSSR count). The fourth-order valence-electron chi connectivity index (χ4n) is 3.46. The second kappa shape index (κ2) is 6.78. The number of hydrogen-bond donors (Lipinski definition) is 1. The molecule has 0 saturated heterocycles. The lowest BCUT2D eigenvalue weighted by atomic mass is 9.90. The van der Waals surface area contributed by atoms with Gasteiger partial charge in [-0.25, -0.2) is 0 Å². The number of allylic oxidation sites excluding steroid dienone is 1. The molecule has 2 heterocycles. The van der Waals surface area contributed by atoms with Crippen molar-refractivity contribution in [3.63, 3.8) is 0 Å². The molecule has 0 amide bonds. The van der Waals surface area contributed by atoms with E-state index in [1.54, 1.807) is 18.2 Å². The Morgan fingerprint density at radius 2 is 2.00 bits per heavy atom. The van der Waals surface area contributed by atoms with Crippen LogP contribution in [0.2, 0.25) is 0 Å². The van der Waals surface area contributed by atoms with Crippen LogP contribution in [-0.2, 0) is 6.42 Å². The maximum absolute atomic E-state index is 12.9. The van der Waals surface area contributed by atoms with Crippen molar-refractivity contribution in [1.82, 2.24) is 0 Å². The molecule has 0 bridgehead atoms. The Morgan fingerprint density at radius 3 is 2.79 bits per heavy atom. The van der Waals surface area contributed by atoms with Gasteiger partial charge in [-0.1, -0.05) is 12.1 Å². The van der Waals surface area contributed by atoms with Gasteiger partial charge in [-0.3, -0.25) is 4.79 Å². The summed E-state index contributed by atoms with van der Waals surface area (Å²) in [7, 11) is 1.54. The van der Waals surface area contributed by atoms with Crippen LogP contribution in [0.25, 0.3) is 6.08 Å². The third-order valence-corrected chi connectivity index (χ3v) is 4.97. The second-order valence-electron chi connectivity index (χ2n) is 7.45. The number of fused-ring (bicyclic) bond motifs is 2. The SMILES string of the molecule is COc1cc(O)c(C(=O)/C=C/c2ccc3c(c2)OCO3)c2c1CCC(C)(C)O2. The van der Waals surface area contributed by atoms with Crippen molar-refractivity contribution < 1.29 is 28.8 Å². The third-order valence-electron chi connectivity index (χ3n) is 4.97. The molecule has 28 heavy (non-hydrogen) atoms. The molecule has 0 spiro atoms. The summed E-state index contributed by atoms with van der Waals surface area (Å²) >= 11 is 0. The molecule has 2 aromatic rings. The van der Waals surface area contributed by atoms with Crippen molar-refractivity contribution in [3.8, 4) is 28.7 Å². The first kappa shape index (κ1) is 18.2. The van der Waals surface area contributed by atoms with E-state index in [9.17, 15) is 9.90 Å². The normalized spacial score (nSPS) is 16.5. The minimum atomic E-state index is -0.429. The molecule has 0 fully saturated rings. The molecular weight excluding hydrogens is 360 g/mol. The number of ketones is 1. The Kier molecular flexibility index (Phi) is 4.41. The number of benzene rings is 2. The summed E-state index contributed by atoms with van der Waals surface area (Å²) in [5.41, 5.74) is 1.32. The molecule has 0 radical (unpaired) electrons. The lowest BCUT2D eigenvalue weighted by Gasteiger charge is -2.34. The summed E-state index contributed by atoms with van der Waals surface area (Å²) in [6.07, 6.45) is 4.60. The van der Waals surface area contributed by atoms with Gasteiger partial charge in [0.05, 0.1) is 7.11 Å². The number of hydrogen-bond acceptors (Lipinski definition) is 6. The van der Waals surface area contributed by atoms with E-state index in [2.05, 4.69) is 0 Å². The van der Waals surface area contributed by atoms with Crippen LogP contribution in [0.4, 0.5) is 0 Å². The second-order valence-corrected chi connectivity index (χ2v) is 7.45. The van der Waals surface area contributed by atoms with E-state index in [0.29, 0.717) is 29.4 Å². The molecule has 0 aromatic heterocycles. The number of aromatic hydroxyl groups is 1. The monoisotopic (exact) mass is 382 g/mol. The molecular formula is C22H22O6. The summed E-state index contributed by atoms with van der Waals surface area (Å²) < 4.78 is 22.1. The Morgan fingerprint density at radius 1 is 1.21 bits per heavy atom. The molecule has 0 unspecified atom stereocenters. The Labute approximate surface area is 163 Å². The first-order valence-corrected chi connectivity index (χ1v) is 9.12. The molecule has 0 aliphatic carbocycles. The quantitative estimate of drug-likeness (QED) is 0.633. The number of rotatable bonds is 4. The van der Waals surface area contributed by atoms with Gasteiger partial charge < -0.3 is 24.1 Å². The highest BCUT2D eigenvalue weighted by Crippen LogP contribution is 2.45. The van der Waals surface area contributed by atoms with Crippen LogP contribution in [0.15, 0.2) is 30.3 Å². The fraction of sp³-hybridized carbons (Fsp3) is 0.318. The maximum Gasteiger partial charge on any atom is 0.231 e. The van der Waals surface area contributed by atoms with Crippen molar-refractivity contribution in [2.75, 3.05) is 13.9 Å². The van der Waals surface area contributed by atoms with Crippen LogP contribution >= 0.6 is 0 Å². The maximum atomic E-state index is 12.9. The van der Waals surface area contributed by atoms with E-state index in [1.165, 1.54) is 19.3 Å². The molecule has 0 atom stereocenters. The first-order valence-electron chi connectivity index (χ1n) is 9.12. The Hall–Kier alpha value is -3.15. The number of carbonyl (C=O) groups excluding carboxylic acids is 1. The number of carbonyl (C=O) groups is 1. The number of phenols is 1. The van der Waals surface area contributed by atoms with E-state index in [0.717, 1.165) is 17.5 Å². The summed E-state index contributed by atoms with van der Waals surface area (Å²) in [5.74, 6) is 1.75. The van der Waals surface area contributed by atoms with Crippen LogP contribution < -0.4 is 18.9 Å². The van der Waals surface area contributed by atoms with Gasteiger partial charge in [-0.05, 0) is 50.5 Å². The van der Waals surface area contributed by atoms with Gasteiger partial charge in [-0.2, -0.15) is 0 Å². The molecule has 1 N–H and O–H groups in total. The number of phenolic OH excluding ortho intramolecular Hbond substituents is 1. The van der Waals surface area contributed by atoms with E-state index >= 15 is 0 Å². The van der Waals surface area contributed by atoms with Crippen LogP contribution in [0.3, 0.4) is 0 Å². The highest BCUT2D eigenvalue weighted by molar-refractivity contribution is 6.11. The average Bonchev–Trinajstić information content (AvgIpc) is 3.12. The van der Waals surface area contributed by atoms with Gasteiger partial charge in [0.1, 0.15) is 28.4 Å². The molecule has 0 saturated carbocycles. The first-order chi connectivity index (χ1) is 13.4. The predicted molar refractivity (Wildman–Crippen MR) is 104 cm³/mol. The minimum absolute atomic E-state index is 0.153. The van der Waals surface area contributed by atoms with E-state index in [1.807, 2.05) is 19.9 Å². The predicted octanol–water partition coefficient (Wildman–Crippen LogP) is 4.13. The zero-order valence-electron chi connectivity index (χ0n) is 16.1. The minimum Gasteiger partial charge on any atom is -0.507 e. The van der Waals surface area contributed by atoms with E-state index < -0.39 is 5.60 Å². The van der Waals surface area contributed by atoms with E-state index in [-0.39, 0.29) is 23.9 Å². The van der Waals surface area contributed by atoms with Crippen molar-refractivity contribution in [2.24, 2.45) is 0 Å². The van der Waals surface area contributed by atoms with Crippen LogP contribution in [0, 0.1) is 0 Å². The van der Waals surface area contributed by atoms with Gasteiger partial charge in [0.2, 0.25) is 6.79 Å². The van der Waals surface area contributed by atoms with Crippen molar-refractivity contribution >= 4 is 11.9 Å². The van der Waals surface area contributed by atoms with Gasteiger partial charge in [-0.15, -0.1) is 0 Å². The topological polar surface area (TPSA) is 74.2 Å². The smallest absolute Gasteiger partial charge is 0.231 e. The standard InChI is InChI=1S/C22H22O6/c1-22(2)9-8-14-18(25-3)11-16(24)20(21(14)28-22)15(23)6-4-13-5-7-17-19(10-13)27-12-26-17/h4-7,10-11,24H,8-9,12H2,1-3H3/b6-4+. The van der Waals surface area contributed by atoms with Crippen LogP contribution in [0.1, 0.15) is 41.8 Å². The van der Waals surface area contributed by atoms with Gasteiger partial charge >= 0.3 is 0 Å². The third kappa shape index (κ3) is 3.26. The number of methoxy groups -OCH3 is 1. The average molecular weight is 382 g/mol. The fourth-order valence-corrected chi connectivity index (χ4v) is 3.46. The van der Waals surface area contributed by atoms with Crippen molar-refractivity contribution in [3.05, 3.63) is 47.0 Å². The van der Waals surface area contributed by atoms with Gasteiger partial charge in [0.25, 0.3) is 0 Å². The van der Waals surface area contributed by atoms with Gasteiger partial charge in [0, 0.05) is 11.6 Å². The highest BCUT2D eigenvalue weighted by atomic mass is 16.7. The summed E-state index contributed by atoms with van der Waals surface area (Å²) in [6, 6.07) is 6.91. The Bertz CT molecular complexity index is 973. The van der Waals surface area contributed by atoms with Gasteiger partial charge in [0.15, 0.2) is 17.3 Å². The lowest BCUT2D eigenvalue weighted by molar-refractivity contribution is 0.0800. The zero-order chi connectivity index (χ0) is 19.9. The molecule has 2 aliphatic heterocycles. The summed E-state index contributed by atoms with van der Waals surface area (Å²) in [5, 5.41) is 10.5. The summed E-state index contributed by atoms with van der Waals surface area (Å²) in [6.45, 7) is 4.12. The van der Waals surface area contributed by atoms with E-state index in [4.69, 9.17) is 18.9 Å². The van der Waals surface area contributed by atoms with Crippen LogP contribution in [0.5, 0.6) is 28.7 Å². The zero-order valence-corrected chi connectivity index (χ0v) is 16.1. The van der Waals surface area contributed by atoms with Crippen molar-refractivity contribution in [1.29, 1.82) is 0 Å². The lowest BCUT2D eigenvalue weighted by Crippen LogP contribution is -2.33. The molecule has 6 nitrogen and oxygen atoms in total.